The zero-order chi connectivity index (χ0) is 19.0. The molecule has 0 aliphatic heterocycles. The summed E-state index contributed by atoms with van der Waals surface area (Å²) in [5, 5.41) is 2.86. The highest BCUT2D eigenvalue weighted by Crippen LogP contribution is 2.16. The first-order valence-corrected chi connectivity index (χ1v) is 10.3. The summed E-state index contributed by atoms with van der Waals surface area (Å²) in [6, 6.07) is 16.0. The van der Waals surface area contributed by atoms with Crippen LogP contribution in [0.15, 0.2) is 59.5 Å². The number of nitrogens with one attached hydrogen (secondary N) is 1. The minimum absolute atomic E-state index is 0.204. The van der Waals surface area contributed by atoms with Crippen molar-refractivity contribution in [1.82, 2.24) is 9.62 Å². The Morgan fingerprint density at radius 1 is 1.04 bits per heavy atom. The molecule has 0 atom stereocenters. The van der Waals surface area contributed by atoms with Crippen LogP contribution in [0.5, 0.6) is 0 Å². The molecule has 2 aromatic carbocycles. The van der Waals surface area contributed by atoms with Gasteiger partial charge in [0.15, 0.2) is 0 Å². The molecule has 1 amide bonds. The zero-order valence-electron chi connectivity index (χ0n) is 15.3. The fourth-order valence-electron chi connectivity index (χ4n) is 2.53. The van der Waals surface area contributed by atoms with E-state index in [-0.39, 0.29) is 10.8 Å². The van der Waals surface area contributed by atoms with Crippen molar-refractivity contribution >= 4 is 15.9 Å². The number of hydrogen-bond donors (Lipinski definition) is 1. The molecule has 0 aromatic heterocycles. The highest BCUT2D eigenvalue weighted by molar-refractivity contribution is 7.89. The van der Waals surface area contributed by atoms with Gasteiger partial charge in [0.25, 0.3) is 5.91 Å². The maximum atomic E-state index is 12.5. The van der Waals surface area contributed by atoms with E-state index in [1.807, 2.05) is 37.3 Å². The molecular weight excluding hydrogens is 348 g/mol. The number of amides is 1. The van der Waals surface area contributed by atoms with Crippen LogP contribution >= 0.6 is 0 Å². The third-order valence-electron chi connectivity index (χ3n) is 4.19. The minimum atomic E-state index is -3.51. The van der Waals surface area contributed by atoms with Gasteiger partial charge in [-0.2, -0.15) is 0 Å². The molecule has 0 unspecified atom stereocenters. The number of carbonyl (C=O) groups excluding carboxylic acids is 1. The molecule has 0 saturated carbocycles. The van der Waals surface area contributed by atoms with E-state index >= 15 is 0 Å². The van der Waals surface area contributed by atoms with E-state index < -0.39 is 10.0 Å². The van der Waals surface area contributed by atoms with Crippen LogP contribution in [-0.2, 0) is 16.4 Å². The number of sulfonamides is 1. The summed E-state index contributed by atoms with van der Waals surface area (Å²) in [6.45, 7) is 3.04. The maximum Gasteiger partial charge on any atom is 0.251 e. The zero-order valence-corrected chi connectivity index (χ0v) is 16.1. The van der Waals surface area contributed by atoms with Crippen LogP contribution in [0.3, 0.4) is 0 Å². The lowest BCUT2D eigenvalue weighted by atomic mass is 10.1. The van der Waals surface area contributed by atoms with Crippen molar-refractivity contribution < 1.29 is 13.2 Å². The quantitative estimate of drug-likeness (QED) is 0.733. The standard InChI is InChI=1S/C20H26N2O3S/c1-3-4-16-22(2)26(24,25)19-12-10-18(11-13-19)20(23)21-15-14-17-8-6-5-7-9-17/h5-13H,3-4,14-16H2,1-2H3,(H,21,23). The molecule has 0 saturated heterocycles. The van der Waals surface area contributed by atoms with Crippen LogP contribution in [0.2, 0.25) is 0 Å². The lowest BCUT2D eigenvalue weighted by Crippen LogP contribution is -2.28. The van der Waals surface area contributed by atoms with E-state index in [1.54, 1.807) is 19.2 Å². The Labute approximate surface area is 156 Å². The topological polar surface area (TPSA) is 66.5 Å². The Kier molecular flexibility index (Phi) is 7.36. The molecule has 0 fully saturated rings. The minimum Gasteiger partial charge on any atom is -0.352 e. The van der Waals surface area contributed by atoms with Gasteiger partial charge in [0.1, 0.15) is 0 Å². The molecule has 0 heterocycles. The number of hydrogen-bond acceptors (Lipinski definition) is 3. The first kappa shape index (κ1) is 20.1. The summed E-state index contributed by atoms with van der Waals surface area (Å²) in [6.07, 6.45) is 2.50. The van der Waals surface area contributed by atoms with Gasteiger partial charge in [-0.05, 0) is 42.7 Å². The fourth-order valence-corrected chi connectivity index (χ4v) is 3.74. The van der Waals surface area contributed by atoms with E-state index in [0.29, 0.717) is 18.7 Å². The molecule has 0 radical (unpaired) electrons. The second kappa shape index (κ2) is 9.50. The number of nitrogens with zero attached hydrogens (tertiary/aromatic N) is 1. The van der Waals surface area contributed by atoms with E-state index in [2.05, 4.69) is 5.32 Å². The third-order valence-corrected chi connectivity index (χ3v) is 6.06. The SMILES string of the molecule is CCCCN(C)S(=O)(=O)c1ccc(C(=O)NCCc2ccccc2)cc1. The number of carbonyl (C=O) groups is 1. The predicted molar refractivity (Wildman–Crippen MR) is 104 cm³/mol. The van der Waals surface area contributed by atoms with Crippen molar-refractivity contribution in [2.45, 2.75) is 31.1 Å². The largest absolute Gasteiger partial charge is 0.352 e. The summed E-state index contributed by atoms with van der Waals surface area (Å²) in [4.78, 5) is 12.4. The Morgan fingerprint density at radius 3 is 2.31 bits per heavy atom. The average molecular weight is 375 g/mol. The van der Waals surface area contributed by atoms with Gasteiger partial charge in [-0.15, -0.1) is 0 Å². The van der Waals surface area contributed by atoms with Gasteiger partial charge in [-0.25, -0.2) is 12.7 Å². The van der Waals surface area contributed by atoms with Crippen molar-refractivity contribution in [3.8, 4) is 0 Å². The van der Waals surface area contributed by atoms with E-state index in [4.69, 9.17) is 0 Å². The first-order chi connectivity index (χ1) is 12.4. The molecule has 26 heavy (non-hydrogen) atoms. The molecule has 2 aromatic rings. The van der Waals surface area contributed by atoms with Gasteiger partial charge < -0.3 is 5.32 Å². The second-order valence-electron chi connectivity index (χ2n) is 6.20. The van der Waals surface area contributed by atoms with Gasteiger partial charge in [-0.1, -0.05) is 43.7 Å². The van der Waals surface area contributed by atoms with E-state index in [0.717, 1.165) is 24.8 Å². The Bertz CT molecular complexity index is 803. The molecular formula is C20H26N2O3S. The summed E-state index contributed by atoms with van der Waals surface area (Å²) >= 11 is 0. The summed E-state index contributed by atoms with van der Waals surface area (Å²) < 4.78 is 26.3. The monoisotopic (exact) mass is 374 g/mol. The van der Waals surface area contributed by atoms with Gasteiger partial charge >= 0.3 is 0 Å². The smallest absolute Gasteiger partial charge is 0.251 e. The maximum absolute atomic E-state index is 12.5. The van der Waals surface area contributed by atoms with Gasteiger partial charge in [-0.3, -0.25) is 4.79 Å². The molecule has 1 N–H and O–H groups in total. The van der Waals surface area contributed by atoms with Crippen LogP contribution in [0, 0.1) is 0 Å². The Hall–Kier alpha value is -2.18. The van der Waals surface area contributed by atoms with Gasteiger partial charge in [0.05, 0.1) is 4.90 Å². The molecule has 5 nitrogen and oxygen atoms in total. The number of unbranched alkanes of at least 4 members (excludes halogenated alkanes) is 1. The van der Waals surface area contributed by atoms with Crippen molar-refractivity contribution in [1.29, 1.82) is 0 Å². The fraction of sp³-hybridized carbons (Fsp3) is 0.350. The van der Waals surface area contributed by atoms with Crippen LogP contribution in [0.25, 0.3) is 0 Å². The summed E-state index contributed by atoms with van der Waals surface area (Å²) in [5.74, 6) is -0.204. The predicted octanol–water partition coefficient (Wildman–Crippen LogP) is 3.08. The average Bonchev–Trinajstić information content (AvgIpc) is 2.66. The van der Waals surface area contributed by atoms with Crippen molar-refractivity contribution in [3.05, 3.63) is 65.7 Å². The molecule has 0 aliphatic rings. The molecule has 0 bridgehead atoms. The second-order valence-corrected chi connectivity index (χ2v) is 8.24. The van der Waals surface area contributed by atoms with E-state index in [1.165, 1.54) is 16.4 Å². The first-order valence-electron chi connectivity index (χ1n) is 8.83. The van der Waals surface area contributed by atoms with Crippen LogP contribution in [-0.4, -0.2) is 38.8 Å². The number of benzene rings is 2. The molecule has 0 aliphatic carbocycles. The third kappa shape index (κ3) is 5.41. The molecule has 6 heteroatoms. The van der Waals surface area contributed by atoms with Gasteiger partial charge in [0, 0.05) is 25.7 Å². The van der Waals surface area contributed by atoms with Gasteiger partial charge in [0.2, 0.25) is 10.0 Å². The van der Waals surface area contributed by atoms with E-state index in [9.17, 15) is 13.2 Å². The van der Waals surface area contributed by atoms with Crippen LogP contribution < -0.4 is 5.32 Å². The van der Waals surface area contributed by atoms with Crippen molar-refractivity contribution in [3.63, 3.8) is 0 Å². The molecule has 0 spiro atoms. The van der Waals surface area contributed by atoms with Crippen LogP contribution in [0.1, 0.15) is 35.7 Å². The lowest BCUT2D eigenvalue weighted by molar-refractivity contribution is 0.0954. The Morgan fingerprint density at radius 2 is 1.69 bits per heavy atom. The summed E-state index contributed by atoms with van der Waals surface area (Å²) in [7, 11) is -1.93. The normalized spacial score (nSPS) is 11.5. The summed E-state index contributed by atoms with van der Waals surface area (Å²) in [5.41, 5.74) is 1.61. The highest BCUT2D eigenvalue weighted by atomic mass is 32.2. The molecule has 140 valence electrons. The number of rotatable bonds is 9. The Balaban J connectivity index is 1.94. The molecule has 2 rings (SSSR count). The highest BCUT2D eigenvalue weighted by Gasteiger charge is 2.20. The van der Waals surface area contributed by atoms with Crippen molar-refractivity contribution in [2.24, 2.45) is 0 Å². The van der Waals surface area contributed by atoms with Crippen molar-refractivity contribution in [2.75, 3.05) is 20.1 Å². The lowest BCUT2D eigenvalue weighted by Gasteiger charge is -2.17. The van der Waals surface area contributed by atoms with Crippen LogP contribution in [0.4, 0.5) is 0 Å².